The van der Waals surface area contributed by atoms with Gasteiger partial charge in [-0.15, -0.1) is 24.0 Å². The smallest absolute Gasteiger partial charge is 0.409 e. The Morgan fingerprint density at radius 1 is 1.34 bits per heavy atom. The molecule has 0 atom stereocenters. The summed E-state index contributed by atoms with van der Waals surface area (Å²) in [6, 6.07) is 4.13. The first-order valence-corrected chi connectivity index (χ1v) is 9.50. The zero-order valence-electron chi connectivity index (χ0n) is 16.7. The highest BCUT2D eigenvalue weighted by Crippen LogP contribution is 2.12. The fourth-order valence-electron chi connectivity index (χ4n) is 3.13. The van der Waals surface area contributed by atoms with Gasteiger partial charge in [0.05, 0.1) is 13.2 Å². The average molecular weight is 513 g/mol. The summed E-state index contributed by atoms with van der Waals surface area (Å²) in [5.74, 6) is 2.12. The molecule has 2 aromatic rings. The molecular weight excluding hydrogens is 485 g/mol. The van der Waals surface area contributed by atoms with Crippen molar-refractivity contribution in [2.75, 3.05) is 19.7 Å². The van der Waals surface area contributed by atoms with Gasteiger partial charge in [0.25, 0.3) is 0 Å². The summed E-state index contributed by atoms with van der Waals surface area (Å²) in [7, 11) is 0. The summed E-state index contributed by atoms with van der Waals surface area (Å²) >= 11 is 0. The molecule has 1 fully saturated rings. The van der Waals surface area contributed by atoms with Crippen LogP contribution in [0.4, 0.5) is 4.79 Å². The zero-order chi connectivity index (χ0) is 19.9. The Labute approximate surface area is 187 Å². The van der Waals surface area contributed by atoms with E-state index in [9.17, 15) is 4.79 Å². The van der Waals surface area contributed by atoms with E-state index in [0.29, 0.717) is 32.2 Å². The van der Waals surface area contributed by atoms with Crippen molar-refractivity contribution in [1.29, 1.82) is 0 Å². The number of hydrogen-bond acceptors (Lipinski definition) is 5. The third-order valence-corrected chi connectivity index (χ3v) is 4.69. The lowest BCUT2D eigenvalue weighted by Gasteiger charge is -2.31. The van der Waals surface area contributed by atoms with Crippen molar-refractivity contribution >= 4 is 36.0 Å². The molecule has 29 heavy (non-hydrogen) atoms. The molecule has 0 bridgehead atoms. The molecule has 10 heteroatoms. The summed E-state index contributed by atoms with van der Waals surface area (Å²) in [5, 5.41) is 3.24. The summed E-state index contributed by atoms with van der Waals surface area (Å²) < 4.78 is 6.95. The largest absolute Gasteiger partial charge is 0.450 e. The maximum atomic E-state index is 11.7. The van der Waals surface area contributed by atoms with E-state index in [4.69, 9.17) is 10.5 Å². The number of ether oxygens (including phenoxy) is 1. The number of likely N-dealkylation sites (tertiary alicyclic amines) is 1. The molecular formula is C19H28IN7O2. The molecule has 158 valence electrons. The predicted octanol–water partition coefficient (Wildman–Crippen LogP) is 2.22. The molecule has 0 radical (unpaired) electrons. The number of halogens is 1. The number of nitrogens with one attached hydrogen (secondary N) is 1. The van der Waals surface area contributed by atoms with Crippen molar-refractivity contribution < 1.29 is 9.53 Å². The Morgan fingerprint density at radius 3 is 2.69 bits per heavy atom. The third kappa shape index (κ3) is 6.31. The Balaban J connectivity index is 0.00000300. The van der Waals surface area contributed by atoms with Gasteiger partial charge in [0.2, 0.25) is 0 Å². The van der Waals surface area contributed by atoms with Gasteiger partial charge in [-0.25, -0.2) is 19.8 Å². The number of nitrogens with two attached hydrogens (primary N) is 1. The number of carbonyl (C=O) groups excluding carboxylic acids is 1. The van der Waals surface area contributed by atoms with Crippen molar-refractivity contribution in [3.05, 3.63) is 42.1 Å². The van der Waals surface area contributed by atoms with Gasteiger partial charge >= 0.3 is 6.09 Å². The van der Waals surface area contributed by atoms with Gasteiger partial charge in [-0.3, -0.25) is 4.57 Å². The first-order valence-electron chi connectivity index (χ1n) is 9.50. The second-order valence-corrected chi connectivity index (χ2v) is 6.68. The second kappa shape index (κ2) is 11.0. The fourth-order valence-corrected chi connectivity index (χ4v) is 3.13. The van der Waals surface area contributed by atoms with Crippen LogP contribution in [0.1, 0.15) is 31.2 Å². The molecule has 0 aliphatic carbocycles. The van der Waals surface area contributed by atoms with Gasteiger partial charge in [0.15, 0.2) is 5.96 Å². The van der Waals surface area contributed by atoms with E-state index in [2.05, 4.69) is 20.3 Å². The number of carbonyl (C=O) groups is 1. The molecule has 3 heterocycles. The number of imidazole rings is 1. The van der Waals surface area contributed by atoms with Gasteiger partial charge in [0, 0.05) is 37.7 Å². The average Bonchev–Trinajstić information content (AvgIpc) is 3.13. The number of aromatic nitrogens is 3. The summed E-state index contributed by atoms with van der Waals surface area (Å²) in [6.07, 6.45) is 6.81. The van der Waals surface area contributed by atoms with E-state index in [-0.39, 0.29) is 36.1 Å². The number of aryl methyl sites for hydroxylation is 1. The summed E-state index contributed by atoms with van der Waals surface area (Å²) in [6.45, 7) is 5.91. The molecule has 1 aliphatic rings. The molecule has 0 spiro atoms. The van der Waals surface area contributed by atoms with Crippen LogP contribution in [-0.2, 0) is 11.3 Å². The number of hydrogen-bond donors (Lipinski definition) is 2. The van der Waals surface area contributed by atoms with Crippen LogP contribution in [0.15, 0.2) is 35.7 Å². The van der Waals surface area contributed by atoms with Crippen LogP contribution in [0, 0.1) is 6.92 Å². The van der Waals surface area contributed by atoms with E-state index in [1.807, 2.05) is 36.7 Å². The molecule has 1 aliphatic heterocycles. The first kappa shape index (κ1) is 22.9. The van der Waals surface area contributed by atoms with Crippen LogP contribution < -0.4 is 11.1 Å². The monoisotopic (exact) mass is 513 g/mol. The van der Waals surface area contributed by atoms with Crippen molar-refractivity contribution in [1.82, 2.24) is 24.8 Å². The van der Waals surface area contributed by atoms with Crippen molar-refractivity contribution in [3.63, 3.8) is 0 Å². The molecule has 1 saturated heterocycles. The highest BCUT2D eigenvalue weighted by Gasteiger charge is 2.23. The van der Waals surface area contributed by atoms with Crippen molar-refractivity contribution in [3.8, 4) is 5.82 Å². The lowest BCUT2D eigenvalue weighted by Crippen LogP contribution is -2.48. The number of nitrogens with zero attached hydrogens (tertiary/aromatic N) is 5. The molecule has 9 nitrogen and oxygen atoms in total. The van der Waals surface area contributed by atoms with E-state index < -0.39 is 0 Å². The van der Waals surface area contributed by atoms with Gasteiger partial charge in [-0.05, 0) is 38.3 Å². The molecule has 3 rings (SSSR count). The third-order valence-electron chi connectivity index (χ3n) is 4.69. The lowest BCUT2D eigenvalue weighted by molar-refractivity contribution is 0.0963. The summed E-state index contributed by atoms with van der Waals surface area (Å²) in [5.41, 5.74) is 7.00. The number of pyridine rings is 1. The van der Waals surface area contributed by atoms with Crippen LogP contribution >= 0.6 is 24.0 Å². The van der Waals surface area contributed by atoms with E-state index in [1.165, 1.54) is 0 Å². The molecule has 1 amide bonds. The predicted molar refractivity (Wildman–Crippen MR) is 122 cm³/mol. The Morgan fingerprint density at radius 2 is 2.10 bits per heavy atom. The molecule has 0 unspecified atom stereocenters. The molecule has 0 saturated carbocycles. The van der Waals surface area contributed by atoms with Crippen LogP contribution in [0.3, 0.4) is 0 Å². The summed E-state index contributed by atoms with van der Waals surface area (Å²) in [4.78, 5) is 26.5. The molecule has 0 aromatic carbocycles. The van der Waals surface area contributed by atoms with E-state index in [1.54, 1.807) is 17.3 Å². The Hall–Kier alpha value is -2.37. The van der Waals surface area contributed by atoms with E-state index >= 15 is 0 Å². The molecule has 2 aromatic heterocycles. The first-order chi connectivity index (χ1) is 13.6. The fraction of sp³-hybridized carbons (Fsp3) is 0.474. The van der Waals surface area contributed by atoms with Crippen LogP contribution in [0.25, 0.3) is 5.82 Å². The van der Waals surface area contributed by atoms with Crippen LogP contribution in [-0.4, -0.2) is 57.2 Å². The minimum absolute atomic E-state index is 0. The minimum Gasteiger partial charge on any atom is -0.450 e. The standard InChI is InChI=1S/C19H27N7O2.HI/c1-3-28-19(27)25-9-6-16(7-10-25)24-18(20)23-13-15-4-5-17(22-12-15)26-11-8-21-14(26)2;/h4-5,8,11-12,16H,3,6-7,9-10,13H2,1-2H3,(H3,20,23,24);1H. The van der Waals surface area contributed by atoms with Crippen molar-refractivity contribution in [2.45, 2.75) is 39.3 Å². The van der Waals surface area contributed by atoms with Gasteiger partial charge in [-0.2, -0.15) is 0 Å². The zero-order valence-corrected chi connectivity index (χ0v) is 19.1. The SMILES string of the molecule is CCOC(=O)N1CCC(NC(N)=NCc2ccc(-n3ccnc3C)nc2)CC1.I. The van der Waals surface area contributed by atoms with Crippen molar-refractivity contribution in [2.24, 2.45) is 10.7 Å². The van der Waals surface area contributed by atoms with Crippen LogP contribution in [0.2, 0.25) is 0 Å². The highest BCUT2D eigenvalue weighted by molar-refractivity contribution is 14.0. The highest BCUT2D eigenvalue weighted by atomic mass is 127. The van der Waals surface area contributed by atoms with Gasteiger partial charge < -0.3 is 20.7 Å². The maximum absolute atomic E-state index is 11.7. The number of amides is 1. The van der Waals surface area contributed by atoms with E-state index in [0.717, 1.165) is 30.0 Å². The quantitative estimate of drug-likeness (QED) is 0.361. The number of aliphatic imine (C=N–C) groups is 1. The number of guanidine groups is 1. The topological polar surface area (TPSA) is 111 Å². The lowest BCUT2D eigenvalue weighted by atomic mass is 10.1. The second-order valence-electron chi connectivity index (χ2n) is 6.68. The van der Waals surface area contributed by atoms with Gasteiger partial charge in [0.1, 0.15) is 11.6 Å². The molecule has 3 N–H and O–H groups in total. The van der Waals surface area contributed by atoms with Crippen LogP contribution in [0.5, 0.6) is 0 Å². The Kier molecular flexibility index (Phi) is 8.68. The normalized spacial score (nSPS) is 15.0. The Bertz CT molecular complexity index is 814. The van der Waals surface area contributed by atoms with Gasteiger partial charge in [-0.1, -0.05) is 6.07 Å². The minimum atomic E-state index is -0.246. The number of piperidine rings is 1. The number of rotatable bonds is 5. The maximum Gasteiger partial charge on any atom is 0.409 e.